The fourth-order valence-corrected chi connectivity index (χ4v) is 4.04. The number of amides is 1. The van der Waals surface area contributed by atoms with Crippen LogP contribution >= 0.6 is 0 Å². The Morgan fingerprint density at radius 3 is 2.38 bits per heavy atom. The molecular formula is C23H25FN4O. The van der Waals surface area contributed by atoms with Crippen LogP contribution in [0.15, 0.2) is 35.7 Å². The lowest BCUT2D eigenvalue weighted by Gasteiger charge is -2.12. The average Bonchev–Trinajstić information content (AvgIpc) is 3.56. The Hall–Kier alpha value is -2.76. The van der Waals surface area contributed by atoms with Gasteiger partial charge in [0.05, 0.1) is 5.70 Å². The first-order valence-electron chi connectivity index (χ1n) is 10.5. The first kappa shape index (κ1) is 18.3. The smallest absolute Gasteiger partial charge is 0.272 e. The van der Waals surface area contributed by atoms with Gasteiger partial charge in [-0.1, -0.05) is 0 Å². The van der Waals surface area contributed by atoms with Crippen LogP contribution in [-0.2, 0) is 4.79 Å². The predicted octanol–water partition coefficient (Wildman–Crippen LogP) is 4.44. The summed E-state index contributed by atoms with van der Waals surface area (Å²) in [7, 11) is 0. The number of aromatic nitrogens is 2. The van der Waals surface area contributed by atoms with E-state index < -0.39 is 5.95 Å². The summed E-state index contributed by atoms with van der Waals surface area (Å²) in [4.78, 5) is 21.0. The minimum absolute atomic E-state index is 0.175. The molecular weight excluding hydrogens is 367 g/mol. The summed E-state index contributed by atoms with van der Waals surface area (Å²) in [5.74, 6) is 0.622. The summed E-state index contributed by atoms with van der Waals surface area (Å²) in [5.41, 5.74) is 10.6. The summed E-state index contributed by atoms with van der Waals surface area (Å²) in [6.45, 7) is 1.86. The van der Waals surface area contributed by atoms with Crippen LogP contribution in [0.2, 0.25) is 0 Å². The third-order valence-corrected chi connectivity index (χ3v) is 6.13. The van der Waals surface area contributed by atoms with Crippen molar-refractivity contribution in [2.75, 3.05) is 5.32 Å². The Kier molecular flexibility index (Phi) is 4.37. The molecule has 0 radical (unpaired) electrons. The van der Waals surface area contributed by atoms with E-state index >= 15 is 0 Å². The number of anilines is 1. The highest BCUT2D eigenvalue weighted by atomic mass is 19.1. The molecule has 5 rings (SSSR count). The maximum absolute atomic E-state index is 14.8. The van der Waals surface area contributed by atoms with E-state index in [2.05, 4.69) is 15.3 Å². The maximum Gasteiger partial charge on any atom is 0.272 e. The standard InChI is InChI=1S/C23H25FN4O/c1-12-18(10-16(11-26-12)13-2-3-13)17-8-9-19(27-22(17)24)28-23(29)21(25)20(14-4-5-14)15-6-7-15/h8-11,13-15H,2-7,25H2,1H3,(H,27,28,29). The minimum Gasteiger partial charge on any atom is -0.394 e. The number of carbonyl (C=O) groups excluding carboxylic acids is 1. The predicted molar refractivity (Wildman–Crippen MR) is 109 cm³/mol. The van der Waals surface area contributed by atoms with E-state index in [1.807, 2.05) is 19.2 Å². The summed E-state index contributed by atoms with van der Waals surface area (Å²) < 4.78 is 14.8. The molecule has 3 fully saturated rings. The van der Waals surface area contributed by atoms with Crippen LogP contribution in [0.25, 0.3) is 11.1 Å². The highest BCUT2D eigenvalue weighted by molar-refractivity contribution is 6.03. The van der Waals surface area contributed by atoms with E-state index in [1.54, 1.807) is 12.1 Å². The van der Waals surface area contributed by atoms with Gasteiger partial charge in [0, 0.05) is 23.0 Å². The van der Waals surface area contributed by atoms with E-state index in [1.165, 1.54) is 0 Å². The fourth-order valence-electron chi connectivity index (χ4n) is 4.04. The Labute approximate surface area is 169 Å². The molecule has 0 aromatic carbocycles. The molecule has 3 saturated carbocycles. The number of nitrogens with two attached hydrogens (primary N) is 1. The van der Waals surface area contributed by atoms with Gasteiger partial charge in [-0.15, -0.1) is 0 Å². The lowest BCUT2D eigenvalue weighted by atomic mass is 10.0. The van der Waals surface area contributed by atoms with Gasteiger partial charge < -0.3 is 11.1 Å². The van der Waals surface area contributed by atoms with Gasteiger partial charge in [-0.05, 0) is 92.5 Å². The van der Waals surface area contributed by atoms with Gasteiger partial charge in [-0.2, -0.15) is 4.39 Å². The third-order valence-electron chi connectivity index (χ3n) is 6.13. The molecule has 2 aromatic rings. The number of aryl methyl sites for hydroxylation is 1. The van der Waals surface area contributed by atoms with E-state index in [-0.39, 0.29) is 11.7 Å². The van der Waals surface area contributed by atoms with Gasteiger partial charge in [0.15, 0.2) is 0 Å². The minimum atomic E-state index is -0.618. The van der Waals surface area contributed by atoms with Crippen molar-refractivity contribution in [3.05, 3.63) is 52.9 Å². The molecule has 3 aliphatic rings. The highest BCUT2D eigenvalue weighted by Gasteiger charge is 2.39. The molecule has 2 heterocycles. The molecule has 150 valence electrons. The molecule has 0 saturated heterocycles. The highest BCUT2D eigenvalue weighted by Crippen LogP contribution is 2.49. The van der Waals surface area contributed by atoms with E-state index in [9.17, 15) is 9.18 Å². The molecule has 1 amide bonds. The van der Waals surface area contributed by atoms with Crippen LogP contribution in [-0.4, -0.2) is 15.9 Å². The summed E-state index contributed by atoms with van der Waals surface area (Å²) in [5, 5.41) is 2.67. The second-order valence-corrected chi connectivity index (χ2v) is 8.58. The molecule has 0 spiro atoms. The number of pyridine rings is 2. The molecule has 0 bridgehead atoms. The van der Waals surface area contributed by atoms with Gasteiger partial charge in [0.2, 0.25) is 5.95 Å². The molecule has 5 nitrogen and oxygen atoms in total. The largest absolute Gasteiger partial charge is 0.394 e. The Morgan fingerprint density at radius 1 is 1.10 bits per heavy atom. The van der Waals surface area contributed by atoms with Crippen molar-refractivity contribution < 1.29 is 9.18 Å². The zero-order valence-corrected chi connectivity index (χ0v) is 16.5. The van der Waals surface area contributed by atoms with Crippen molar-refractivity contribution in [1.29, 1.82) is 0 Å². The van der Waals surface area contributed by atoms with Crippen molar-refractivity contribution in [2.24, 2.45) is 17.6 Å². The number of rotatable bonds is 6. The van der Waals surface area contributed by atoms with Crippen molar-refractivity contribution in [3.8, 4) is 11.1 Å². The number of allylic oxidation sites excluding steroid dienone is 1. The van der Waals surface area contributed by atoms with Crippen molar-refractivity contribution in [1.82, 2.24) is 9.97 Å². The third kappa shape index (κ3) is 3.76. The number of hydrogen-bond acceptors (Lipinski definition) is 4. The topological polar surface area (TPSA) is 80.9 Å². The molecule has 0 atom stereocenters. The summed E-state index contributed by atoms with van der Waals surface area (Å²) >= 11 is 0. The zero-order valence-electron chi connectivity index (χ0n) is 16.5. The molecule has 3 aliphatic carbocycles. The number of nitrogens with one attached hydrogen (secondary N) is 1. The molecule has 29 heavy (non-hydrogen) atoms. The molecule has 6 heteroatoms. The lowest BCUT2D eigenvalue weighted by Crippen LogP contribution is -2.24. The first-order valence-corrected chi connectivity index (χ1v) is 10.5. The quantitative estimate of drug-likeness (QED) is 0.562. The van der Waals surface area contributed by atoms with Gasteiger partial charge >= 0.3 is 0 Å². The van der Waals surface area contributed by atoms with Crippen molar-refractivity contribution >= 4 is 11.7 Å². The van der Waals surface area contributed by atoms with Gasteiger partial charge in [0.25, 0.3) is 5.91 Å². The van der Waals surface area contributed by atoms with E-state index in [4.69, 9.17) is 5.73 Å². The van der Waals surface area contributed by atoms with E-state index in [0.717, 1.165) is 60.9 Å². The second kappa shape index (κ2) is 6.94. The summed E-state index contributed by atoms with van der Waals surface area (Å²) in [6.07, 6.45) is 8.62. The van der Waals surface area contributed by atoms with Gasteiger partial charge in [-0.3, -0.25) is 9.78 Å². The number of halogens is 1. The fraction of sp³-hybridized carbons (Fsp3) is 0.435. The van der Waals surface area contributed by atoms with Crippen molar-refractivity contribution in [2.45, 2.75) is 51.4 Å². The normalized spacial score (nSPS) is 18.4. The monoisotopic (exact) mass is 392 g/mol. The Morgan fingerprint density at radius 2 is 1.79 bits per heavy atom. The number of carbonyl (C=O) groups is 1. The SMILES string of the molecule is Cc1ncc(C2CC2)cc1-c1ccc(NC(=O)C(N)=C(C2CC2)C2CC2)nc1F. The number of nitrogens with zero attached hydrogens (tertiary/aromatic N) is 2. The van der Waals surface area contributed by atoms with Crippen LogP contribution < -0.4 is 11.1 Å². The molecule has 3 N–H and O–H groups in total. The molecule has 2 aromatic heterocycles. The number of hydrogen-bond donors (Lipinski definition) is 2. The van der Waals surface area contributed by atoms with Crippen LogP contribution in [0.5, 0.6) is 0 Å². The Bertz CT molecular complexity index is 1010. The van der Waals surface area contributed by atoms with Gasteiger partial charge in [0.1, 0.15) is 5.82 Å². The second-order valence-electron chi connectivity index (χ2n) is 8.58. The Balaban J connectivity index is 1.38. The van der Waals surface area contributed by atoms with Crippen LogP contribution in [0.1, 0.15) is 55.7 Å². The van der Waals surface area contributed by atoms with Crippen LogP contribution in [0, 0.1) is 24.7 Å². The first-order chi connectivity index (χ1) is 14.0. The van der Waals surface area contributed by atoms with Crippen LogP contribution in [0.4, 0.5) is 10.2 Å². The lowest BCUT2D eigenvalue weighted by molar-refractivity contribution is -0.113. The van der Waals surface area contributed by atoms with Crippen LogP contribution in [0.3, 0.4) is 0 Å². The molecule has 0 unspecified atom stereocenters. The van der Waals surface area contributed by atoms with Crippen molar-refractivity contribution in [3.63, 3.8) is 0 Å². The maximum atomic E-state index is 14.8. The van der Waals surface area contributed by atoms with E-state index in [0.29, 0.717) is 29.0 Å². The summed E-state index contributed by atoms with van der Waals surface area (Å²) in [6, 6.07) is 5.29. The molecule has 0 aliphatic heterocycles. The average molecular weight is 392 g/mol. The zero-order chi connectivity index (χ0) is 20.1. The van der Waals surface area contributed by atoms with Gasteiger partial charge in [-0.25, -0.2) is 4.98 Å².